The largest absolute Gasteiger partial charge is 0.486 e. The van der Waals surface area contributed by atoms with Crippen LogP contribution in [0.25, 0.3) is 0 Å². The number of nitrogens with one attached hydrogen (secondary N) is 1. The van der Waals surface area contributed by atoms with Crippen LogP contribution in [0.2, 0.25) is 0 Å². The van der Waals surface area contributed by atoms with E-state index < -0.39 is 21.5 Å². The molecule has 1 aromatic heterocycles. The molecule has 3 rings (SSSR count). The van der Waals surface area contributed by atoms with Crippen LogP contribution < -0.4 is 10.5 Å². The molecular formula is C21H27FN4O5S. The van der Waals surface area contributed by atoms with Crippen LogP contribution in [0.3, 0.4) is 0 Å². The first-order valence-corrected chi connectivity index (χ1v) is 12.1. The lowest BCUT2D eigenvalue weighted by Crippen LogP contribution is -2.17. The molecule has 0 saturated carbocycles. The smallest absolute Gasteiger partial charge is 0.286 e. The highest BCUT2D eigenvalue weighted by atomic mass is 32.2. The van der Waals surface area contributed by atoms with Crippen LogP contribution >= 0.6 is 0 Å². The number of aliphatic imine (C=N–C) groups is 1. The zero-order valence-electron chi connectivity index (χ0n) is 18.2. The molecule has 2 atom stereocenters. The number of ether oxygens (including phenoxy) is 3. The van der Waals surface area contributed by atoms with Crippen molar-refractivity contribution < 1.29 is 27.6 Å². The molecule has 9 nitrogen and oxygen atoms in total. The standard InChI is InChI=1S/C21H27FN4O5S/c1-13-16(21(27)26-32(3,28)9-8-29-2)11-24-19(13)20(23)25-17-5-4-14(22)10-18(17)31-15-6-7-30-12-15/h4-5,10-11,15,24H,6-9,12H2,1-3H3,(H2,23,25)/t15-,32?/m0/s1. The maximum absolute atomic E-state index is 13.8. The summed E-state index contributed by atoms with van der Waals surface area (Å²) in [5, 5.41) is 0. The number of nitrogens with two attached hydrogens (primary N) is 1. The van der Waals surface area contributed by atoms with E-state index in [-0.39, 0.29) is 35.6 Å². The Kier molecular flexibility index (Phi) is 7.64. The van der Waals surface area contributed by atoms with Gasteiger partial charge in [0.2, 0.25) is 0 Å². The second-order valence-electron chi connectivity index (χ2n) is 7.47. The fourth-order valence-electron chi connectivity index (χ4n) is 3.14. The topological polar surface area (TPSA) is 128 Å². The minimum Gasteiger partial charge on any atom is -0.486 e. The normalized spacial score (nSPS) is 18.4. The van der Waals surface area contributed by atoms with Crippen molar-refractivity contribution in [3.05, 3.63) is 47.0 Å². The molecule has 3 N–H and O–H groups in total. The summed E-state index contributed by atoms with van der Waals surface area (Å²) < 4.78 is 46.1. The van der Waals surface area contributed by atoms with Crippen LogP contribution in [0.5, 0.6) is 5.75 Å². The van der Waals surface area contributed by atoms with Gasteiger partial charge in [0.25, 0.3) is 5.91 Å². The van der Waals surface area contributed by atoms with Gasteiger partial charge in [-0.1, -0.05) is 0 Å². The summed E-state index contributed by atoms with van der Waals surface area (Å²) in [4.78, 5) is 19.9. The Morgan fingerprint density at radius 1 is 1.44 bits per heavy atom. The van der Waals surface area contributed by atoms with Gasteiger partial charge in [-0.3, -0.25) is 4.79 Å². The summed E-state index contributed by atoms with van der Waals surface area (Å²) in [6.07, 6.45) is 3.37. The van der Waals surface area contributed by atoms with Crippen molar-refractivity contribution in [1.29, 1.82) is 0 Å². The average Bonchev–Trinajstić information content (AvgIpc) is 3.37. The summed E-state index contributed by atoms with van der Waals surface area (Å²) >= 11 is 0. The van der Waals surface area contributed by atoms with Gasteiger partial charge in [0.15, 0.2) is 0 Å². The summed E-state index contributed by atoms with van der Waals surface area (Å²) in [6, 6.07) is 3.98. The van der Waals surface area contributed by atoms with Crippen LogP contribution in [-0.4, -0.2) is 66.0 Å². The van der Waals surface area contributed by atoms with Gasteiger partial charge in [0.1, 0.15) is 29.2 Å². The first-order chi connectivity index (χ1) is 15.2. The number of amidine groups is 1. The van der Waals surface area contributed by atoms with E-state index in [0.29, 0.717) is 36.6 Å². The van der Waals surface area contributed by atoms with Crippen LogP contribution in [0.4, 0.5) is 10.1 Å². The SMILES string of the molecule is COCCS(C)(=O)=NC(=O)c1c[nH]c(C(N)=Nc2ccc(F)cc2O[C@H]2CCOC2)c1C. The molecule has 1 aromatic carbocycles. The third-order valence-corrected chi connectivity index (χ3v) is 6.39. The van der Waals surface area contributed by atoms with Gasteiger partial charge in [-0.05, 0) is 24.6 Å². The number of carbonyl (C=O) groups excluding carboxylic acids is 1. The van der Waals surface area contributed by atoms with E-state index in [2.05, 4.69) is 14.3 Å². The highest BCUT2D eigenvalue weighted by Crippen LogP contribution is 2.31. The van der Waals surface area contributed by atoms with E-state index in [4.69, 9.17) is 19.9 Å². The highest BCUT2D eigenvalue weighted by molar-refractivity contribution is 7.93. The maximum atomic E-state index is 13.8. The van der Waals surface area contributed by atoms with Crippen molar-refractivity contribution in [2.45, 2.75) is 19.4 Å². The Labute approximate surface area is 186 Å². The third-order valence-electron chi connectivity index (χ3n) is 4.91. The minimum absolute atomic E-state index is 0.0808. The fourth-order valence-corrected chi connectivity index (χ4v) is 4.15. The number of rotatable bonds is 8. The number of aromatic nitrogens is 1. The van der Waals surface area contributed by atoms with Crippen molar-refractivity contribution >= 4 is 27.2 Å². The Balaban J connectivity index is 1.87. The minimum atomic E-state index is -2.73. The molecule has 0 spiro atoms. The lowest BCUT2D eigenvalue weighted by Gasteiger charge is -2.14. The van der Waals surface area contributed by atoms with Crippen molar-refractivity contribution in [3.8, 4) is 5.75 Å². The lowest BCUT2D eigenvalue weighted by atomic mass is 10.1. The quantitative estimate of drug-likeness (QED) is 0.454. The molecule has 2 heterocycles. The molecule has 0 bridgehead atoms. The molecule has 1 saturated heterocycles. The summed E-state index contributed by atoms with van der Waals surface area (Å²) in [7, 11) is -1.24. The molecule has 32 heavy (non-hydrogen) atoms. The van der Waals surface area contributed by atoms with Gasteiger partial charge in [-0.15, -0.1) is 0 Å². The lowest BCUT2D eigenvalue weighted by molar-refractivity contribution is 0.100. The van der Waals surface area contributed by atoms with Gasteiger partial charge >= 0.3 is 0 Å². The Morgan fingerprint density at radius 2 is 2.22 bits per heavy atom. The fraction of sp³-hybridized carbons (Fsp3) is 0.429. The van der Waals surface area contributed by atoms with Crippen molar-refractivity contribution in [2.24, 2.45) is 15.1 Å². The molecule has 11 heteroatoms. The number of hydrogen-bond donors (Lipinski definition) is 2. The first-order valence-electron chi connectivity index (χ1n) is 9.99. The number of carbonyl (C=O) groups is 1. The van der Waals surface area contributed by atoms with E-state index in [0.717, 1.165) is 0 Å². The number of aromatic amines is 1. The van der Waals surface area contributed by atoms with Crippen LogP contribution in [0.15, 0.2) is 33.8 Å². The first kappa shape index (κ1) is 23.9. The van der Waals surface area contributed by atoms with Gasteiger partial charge in [-0.25, -0.2) is 13.6 Å². The third kappa shape index (κ3) is 5.93. The van der Waals surface area contributed by atoms with E-state index in [9.17, 15) is 13.4 Å². The van der Waals surface area contributed by atoms with Gasteiger partial charge in [0, 0.05) is 32.0 Å². The average molecular weight is 467 g/mol. The van der Waals surface area contributed by atoms with Crippen LogP contribution in [-0.2, 0) is 19.2 Å². The molecule has 174 valence electrons. The summed E-state index contributed by atoms with van der Waals surface area (Å²) in [5.41, 5.74) is 7.68. The molecule has 1 unspecified atom stereocenters. The second-order valence-corrected chi connectivity index (χ2v) is 9.98. The predicted octanol–water partition coefficient (Wildman–Crippen LogP) is 2.55. The number of methoxy groups -OCH3 is 1. The van der Waals surface area contributed by atoms with Crippen molar-refractivity contribution in [2.75, 3.05) is 38.9 Å². The van der Waals surface area contributed by atoms with Gasteiger partial charge < -0.3 is 24.9 Å². The molecular weight excluding hydrogens is 439 g/mol. The maximum Gasteiger partial charge on any atom is 0.286 e. The predicted molar refractivity (Wildman–Crippen MR) is 120 cm³/mol. The van der Waals surface area contributed by atoms with E-state index in [1.54, 1.807) is 6.92 Å². The molecule has 1 aliphatic rings. The van der Waals surface area contributed by atoms with Crippen molar-refractivity contribution in [3.63, 3.8) is 0 Å². The Morgan fingerprint density at radius 3 is 2.91 bits per heavy atom. The van der Waals surface area contributed by atoms with E-state index in [1.807, 2.05) is 0 Å². The number of halogens is 1. The second kappa shape index (κ2) is 10.2. The molecule has 1 amide bonds. The van der Waals surface area contributed by atoms with E-state index >= 15 is 0 Å². The molecule has 0 aliphatic carbocycles. The number of nitrogens with zero attached hydrogens (tertiary/aromatic N) is 2. The number of benzene rings is 1. The summed E-state index contributed by atoms with van der Waals surface area (Å²) in [6.45, 7) is 2.92. The zero-order chi connectivity index (χ0) is 23.3. The summed E-state index contributed by atoms with van der Waals surface area (Å²) in [5.74, 6) is -0.596. The monoisotopic (exact) mass is 466 g/mol. The number of hydrogen-bond acceptors (Lipinski definition) is 6. The number of H-pyrrole nitrogens is 1. The van der Waals surface area contributed by atoms with Crippen molar-refractivity contribution in [1.82, 2.24) is 4.98 Å². The zero-order valence-corrected chi connectivity index (χ0v) is 19.0. The van der Waals surface area contributed by atoms with Crippen LogP contribution in [0.1, 0.15) is 28.0 Å². The molecule has 2 aromatic rings. The van der Waals surface area contributed by atoms with Gasteiger partial charge in [0.05, 0.1) is 46.6 Å². The number of amides is 1. The Bertz CT molecular complexity index is 1130. The molecule has 1 fully saturated rings. The highest BCUT2D eigenvalue weighted by Gasteiger charge is 2.21. The van der Waals surface area contributed by atoms with Gasteiger partial charge in [-0.2, -0.15) is 4.36 Å². The van der Waals surface area contributed by atoms with Crippen LogP contribution in [0, 0.1) is 12.7 Å². The molecule has 1 aliphatic heterocycles. The Hall–Kier alpha value is -2.76. The van der Waals surface area contributed by atoms with E-state index in [1.165, 1.54) is 37.8 Å². The molecule has 0 radical (unpaired) electrons.